The number of halogens is 2. The Morgan fingerprint density at radius 3 is 2.73 bits per heavy atom. The van der Waals surface area contributed by atoms with Gasteiger partial charge in [0.15, 0.2) is 11.5 Å². The number of anilines is 3. The molecule has 0 bridgehead atoms. The number of fused-ring (bicyclic) bond motifs is 1. The van der Waals surface area contributed by atoms with Crippen LogP contribution in [0.4, 0.5) is 21.6 Å². The Morgan fingerprint density at radius 2 is 1.96 bits per heavy atom. The quantitative estimate of drug-likeness (QED) is 0.752. The highest BCUT2D eigenvalue weighted by Crippen LogP contribution is 2.28. The summed E-state index contributed by atoms with van der Waals surface area (Å²) in [4.78, 5) is 14.4. The first-order chi connectivity index (χ1) is 12.6. The highest BCUT2D eigenvalue weighted by atomic mass is 35.5. The zero-order chi connectivity index (χ0) is 18.1. The number of nitrogens with one attached hydrogen (secondary N) is 1. The minimum absolute atomic E-state index is 0.0162. The van der Waals surface area contributed by atoms with Crippen LogP contribution in [-0.4, -0.2) is 22.6 Å². The van der Waals surface area contributed by atoms with Crippen LogP contribution >= 0.6 is 11.6 Å². The van der Waals surface area contributed by atoms with Crippen LogP contribution in [0.1, 0.15) is 16.1 Å². The van der Waals surface area contributed by atoms with E-state index in [9.17, 15) is 9.18 Å². The minimum Gasteiger partial charge on any atom is -0.339 e. The van der Waals surface area contributed by atoms with Crippen LogP contribution in [0.2, 0.25) is 5.02 Å². The van der Waals surface area contributed by atoms with Gasteiger partial charge in [-0.05, 0) is 48.4 Å². The Hall–Kier alpha value is -2.99. The van der Waals surface area contributed by atoms with E-state index < -0.39 is 5.82 Å². The summed E-state index contributed by atoms with van der Waals surface area (Å²) in [5, 5.41) is 11.0. The maximum atomic E-state index is 13.2. The molecule has 0 atom stereocenters. The van der Waals surface area contributed by atoms with Crippen molar-refractivity contribution in [2.75, 3.05) is 16.8 Å². The van der Waals surface area contributed by atoms with Crippen LogP contribution < -0.4 is 10.2 Å². The van der Waals surface area contributed by atoms with Crippen molar-refractivity contribution in [1.29, 1.82) is 0 Å². The number of aromatic nitrogens is 2. The van der Waals surface area contributed by atoms with Gasteiger partial charge in [-0.2, -0.15) is 0 Å². The topological polar surface area (TPSA) is 58.1 Å². The standard InChI is InChI=1S/C19H14ClFN4O/c20-14-11-13(5-6-15(14)21)22-18-8-7-16(23-24-18)19(26)25-10-9-12-3-1-2-4-17(12)25/h1-8,11H,9-10H2,(H,22,24). The molecule has 4 rings (SSSR count). The Bertz CT molecular complexity index is 978. The van der Waals surface area contributed by atoms with Gasteiger partial charge in [-0.25, -0.2) is 4.39 Å². The van der Waals surface area contributed by atoms with E-state index in [4.69, 9.17) is 11.6 Å². The number of rotatable bonds is 3. The Morgan fingerprint density at radius 1 is 1.12 bits per heavy atom. The zero-order valence-electron chi connectivity index (χ0n) is 13.6. The van der Waals surface area contributed by atoms with E-state index in [-0.39, 0.29) is 16.6 Å². The predicted molar refractivity (Wildman–Crippen MR) is 98.5 cm³/mol. The van der Waals surface area contributed by atoms with Crippen LogP contribution in [0, 0.1) is 5.82 Å². The number of hydrogen-bond donors (Lipinski definition) is 1. The van der Waals surface area contributed by atoms with Crippen molar-refractivity contribution in [3.8, 4) is 0 Å². The van der Waals surface area contributed by atoms with Gasteiger partial charge >= 0.3 is 0 Å². The van der Waals surface area contributed by atoms with Gasteiger partial charge in [-0.15, -0.1) is 10.2 Å². The lowest BCUT2D eigenvalue weighted by molar-refractivity contribution is 0.0983. The molecule has 26 heavy (non-hydrogen) atoms. The van der Waals surface area contributed by atoms with Crippen LogP contribution in [0.3, 0.4) is 0 Å². The molecule has 3 aromatic rings. The van der Waals surface area contributed by atoms with Crippen molar-refractivity contribution < 1.29 is 9.18 Å². The van der Waals surface area contributed by atoms with Crippen molar-refractivity contribution in [3.63, 3.8) is 0 Å². The highest BCUT2D eigenvalue weighted by Gasteiger charge is 2.26. The largest absolute Gasteiger partial charge is 0.339 e. The van der Waals surface area contributed by atoms with Crippen molar-refractivity contribution in [1.82, 2.24) is 10.2 Å². The molecule has 7 heteroatoms. The first kappa shape index (κ1) is 16.5. The van der Waals surface area contributed by atoms with Gasteiger partial charge in [0.1, 0.15) is 5.82 Å². The van der Waals surface area contributed by atoms with Gasteiger partial charge in [0.2, 0.25) is 0 Å². The molecule has 1 aliphatic rings. The molecule has 5 nitrogen and oxygen atoms in total. The molecule has 1 aliphatic heterocycles. The summed E-state index contributed by atoms with van der Waals surface area (Å²) in [6, 6.07) is 15.4. The number of hydrogen-bond acceptors (Lipinski definition) is 4. The zero-order valence-corrected chi connectivity index (χ0v) is 14.4. The fourth-order valence-electron chi connectivity index (χ4n) is 2.92. The van der Waals surface area contributed by atoms with Crippen LogP contribution in [0.5, 0.6) is 0 Å². The summed E-state index contributed by atoms with van der Waals surface area (Å²) in [6.45, 7) is 0.633. The molecule has 0 radical (unpaired) electrons. The van der Waals surface area contributed by atoms with Crippen LogP contribution in [-0.2, 0) is 6.42 Å². The molecular formula is C19H14ClFN4O. The number of amides is 1. The third kappa shape index (κ3) is 3.11. The fraction of sp³-hybridized carbons (Fsp3) is 0.105. The lowest BCUT2D eigenvalue weighted by atomic mass is 10.2. The second kappa shape index (κ2) is 6.72. The Balaban J connectivity index is 1.51. The minimum atomic E-state index is -0.491. The fourth-order valence-corrected chi connectivity index (χ4v) is 3.10. The summed E-state index contributed by atoms with van der Waals surface area (Å²) in [6.07, 6.45) is 0.834. The molecule has 0 saturated heterocycles. The van der Waals surface area contributed by atoms with Gasteiger partial charge in [0, 0.05) is 17.9 Å². The Labute approximate surface area is 154 Å². The third-order valence-corrected chi connectivity index (χ3v) is 4.50. The average Bonchev–Trinajstić information content (AvgIpc) is 3.09. The molecule has 1 amide bonds. The van der Waals surface area contributed by atoms with Gasteiger partial charge in [-0.3, -0.25) is 4.79 Å². The van der Waals surface area contributed by atoms with Crippen molar-refractivity contribution >= 4 is 34.7 Å². The lowest BCUT2D eigenvalue weighted by Crippen LogP contribution is -2.29. The average molecular weight is 369 g/mol. The molecule has 1 aromatic heterocycles. The van der Waals surface area contributed by atoms with Crippen LogP contribution in [0.15, 0.2) is 54.6 Å². The first-order valence-electron chi connectivity index (χ1n) is 8.07. The predicted octanol–water partition coefficient (Wildman–Crippen LogP) is 4.22. The molecule has 2 heterocycles. The lowest BCUT2D eigenvalue weighted by Gasteiger charge is -2.16. The van der Waals surface area contributed by atoms with Crippen LogP contribution in [0.25, 0.3) is 0 Å². The second-order valence-corrected chi connectivity index (χ2v) is 6.30. The van der Waals surface area contributed by atoms with E-state index in [1.54, 1.807) is 23.1 Å². The van der Waals surface area contributed by atoms with E-state index >= 15 is 0 Å². The molecule has 1 N–H and O–H groups in total. The molecule has 2 aromatic carbocycles. The third-order valence-electron chi connectivity index (χ3n) is 4.21. The van der Waals surface area contributed by atoms with Gasteiger partial charge in [0.25, 0.3) is 5.91 Å². The maximum absolute atomic E-state index is 13.2. The normalized spacial score (nSPS) is 12.8. The Kier molecular flexibility index (Phi) is 4.26. The monoisotopic (exact) mass is 368 g/mol. The van der Waals surface area contributed by atoms with E-state index in [0.717, 1.165) is 17.7 Å². The van der Waals surface area contributed by atoms with E-state index in [0.29, 0.717) is 18.1 Å². The first-order valence-corrected chi connectivity index (χ1v) is 8.45. The summed E-state index contributed by atoms with van der Waals surface area (Å²) >= 11 is 5.76. The molecule has 0 aliphatic carbocycles. The highest BCUT2D eigenvalue weighted by molar-refractivity contribution is 6.31. The molecule has 130 valence electrons. The van der Waals surface area contributed by atoms with Crippen molar-refractivity contribution in [2.24, 2.45) is 0 Å². The number of benzene rings is 2. The van der Waals surface area contributed by atoms with Gasteiger partial charge < -0.3 is 10.2 Å². The molecule has 0 saturated carbocycles. The van der Waals surface area contributed by atoms with Crippen molar-refractivity contribution in [2.45, 2.75) is 6.42 Å². The number of para-hydroxylation sites is 1. The van der Waals surface area contributed by atoms with E-state index in [1.165, 1.54) is 12.1 Å². The summed E-state index contributed by atoms with van der Waals surface area (Å²) in [5.41, 5.74) is 2.92. The summed E-state index contributed by atoms with van der Waals surface area (Å²) in [5.74, 6) is -0.236. The molecule has 0 spiro atoms. The maximum Gasteiger partial charge on any atom is 0.278 e. The van der Waals surface area contributed by atoms with E-state index in [2.05, 4.69) is 15.5 Å². The van der Waals surface area contributed by atoms with E-state index in [1.807, 2.05) is 24.3 Å². The summed E-state index contributed by atoms with van der Waals surface area (Å²) in [7, 11) is 0. The molecular weight excluding hydrogens is 355 g/mol. The summed E-state index contributed by atoms with van der Waals surface area (Å²) < 4.78 is 13.2. The number of nitrogens with zero attached hydrogens (tertiary/aromatic N) is 3. The van der Waals surface area contributed by atoms with Crippen molar-refractivity contribution in [3.05, 3.63) is 76.7 Å². The van der Waals surface area contributed by atoms with Gasteiger partial charge in [0.05, 0.1) is 5.02 Å². The number of carbonyl (C=O) groups is 1. The SMILES string of the molecule is O=C(c1ccc(Nc2ccc(F)c(Cl)c2)nn1)N1CCc2ccccc21. The number of carbonyl (C=O) groups excluding carboxylic acids is 1. The van der Waals surface area contributed by atoms with Gasteiger partial charge in [-0.1, -0.05) is 29.8 Å². The molecule has 0 unspecified atom stereocenters. The second-order valence-electron chi connectivity index (χ2n) is 5.89. The smallest absolute Gasteiger partial charge is 0.278 e. The molecule has 0 fully saturated rings.